The highest BCUT2D eigenvalue weighted by atomic mass is 19.4. The van der Waals surface area contributed by atoms with Gasteiger partial charge in [0, 0.05) is 23.7 Å². The molecule has 0 spiro atoms. The molecule has 1 amide bonds. The molecule has 2 atom stereocenters. The van der Waals surface area contributed by atoms with Crippen molar-refractivity contribution in [3.63, 3.8) is 0 Å². The molecule has 2 fully saturated rings. The highest BCUT2D eigenvalue weighted by molar-refractivity contribution is 6.45. The van der Waals surface area contributed by atoms with E-state index in [2.05, 4.69) is 22.0 Å². The molecule has 0 aromatic heterocycles. The number of halogens is 3. The maximum atomic E-state index is 12.4. The predicted molar refractivity (Wildman–Crippen MR) is 90.1 cm³/mol. The van der Waals surface area contributed by atoms with Crippen molar-refractivity contribution in [2.24, 2.45) is 0 Å². The molecule has 1 aromatic carbocycles. The molecule has 0 aliphatic carbocycles. The second-order valence-electron chi connectivity index (χ2n) is 6.83. The van der Waals surface area contributed by atoms with E-state index < -0.39 is 23.7 Å². The van der Waals surface area contributed by atoms with Gasteiger partial charge in [-0.05, 0) is 38.8 Å². The highest BCUT2D eigenvalue weighted by Gasteiger charge is 2.39. The number of nitrogen functional groups attached to an aromatic ring is 1. The van der Waals surface area contributed by atoms with Crippen molar-refractivity contribution >= 4 is 17.3 Å². The van der Waals surface area contributed by atoms with Crippen LogP contribution in [0.1, 0.15) is 31.2 Å². The van der Waals surface area contributed by atoms with Crippen LogP contribution in [0.5, 0.6) is 5.75 Å². The third-order valence-electron chi connectivity index (χ3n) is 5.22. The van der Waals surface area contributed by atoms with Crippen molar-refractivity contribution in [2.75, 3.05) is 12.8 Å². The zero-order valence-electron chi connectivity index (χ0n) is 14.3. The van der Waals surface area contributed by atoms with Crippen LogP contribution in [0.3, 0.4) is 0 Å². The van der Waals surface area contributed by atoms with Gasteiger partial charge >= 0.3 is 6.36 Å². The molecule has 4 N–H and O–H groups in total. The number of carbonyl (C=O) groups excluding carboxylic acids is 1. The monoisotopic (exact) mass is 370 g/mol. The first kappa shape index (κ1) is 18.5. The smallest absolute Gasteiger partial charge is 0.404 e. The van der Waals surface area contributed by atoms with E-state index in [0.717, 1.165) is 31.7 Å². The standard InChI is InChI=1S/C17H21F3N4O2/c1-24-10-5-6-11(24)8-9(7-10)23-16(25)15(22)12-3-2-4-13(14(12)21)26-17(18,19)20/h2-4,9-11,22H,5-8,21H2,1H3,(H,23,25). The van der Waals surface area contributed by atoms with E-state index in [4.69, 9.17) is 11.1 Å². The summed E-state index contributed by atoms with van der Waals surface area (Å²) in [5.41, 5.74) is 4.75. The Morgan fingerprint density at radius 2 is 1.92 bits per heavy atom. The lowest BCUT2D eigenvalue weighted by Crippen LogP contribution is -2.50. The van der Waals surface area contributed by atoms with Crippen molar-refractivity contribution in [1.29, 1.82) is 5.41 Å². The van der Waals surface area contributed by atoms with E-state index in [-0.39, 0.29) is 17.3 Å². The Kier molecular flexibility index (Phi) is 4.83. The summed E-state index contributed by atoms with van der Waals surface area (Å²) in [5, 5.41) is 10.9. The van der Waals surface area contributed by atoms with Crippen molar-refractivity contribution in [3.8, 4) is 5.75 Å². The fraction of sp³-hybridized carbons (Fsp3) is 0.529. The first-order valence-corrected chi connectivity index (χ1v) is 8.41. The van der Waals surface area contributed by atoms with Gasteiger partial charge in [-0.3, -0.25) is 10.2 Å². The molecule has 2 saturated heterocycles. The molecule has 2 unspecified atom stereocenters. The number of para-hydroxylation sites is 1. The number of ether oxygens (including phenoxy) is 1. The first-order valence-electron chi connectivity index (χ1n) is 8.41. The number of nitrogens with two attached hydrogens (primary N) is 1. The Hall–Kier alpha value is -2.29. The summed E-state index contributed by atoms with van der Waals surface area (Å²) in [6.45, 7) is 0. The normalized spacial score (nSPS) is 25.8. The van der Waals surface area contributed by atoms with Crippen molar-refractivity contribution in [1.82, 2.24) is 10.2 Å². The maximum Gasteiger partial charge on any atom is 0.573 e. The minimum atomic E-state index is -4.90. The summed E-state index contributed by atoms with van der Waals surface area (Å²) in [6, 6.07) is 4.44. The lowest BCUT2D eigenvalue weighted by atomic mass is 9.97. The number of amides is 1. The minimum Gasteiger partial charge on any atom is -0.404 e. The number of nitrogens with zero attached hydrogens (tertiary/aromatic N) is 1. The highest BCUT2D eigenvalue weighted by Crippen LogP contribution is 2.34. The SMILES string of the molecule is CN1C2CCC1CC(NC(=O)C(=N)c1cccc(OC(F)(F)F)c1N)C2. The van der Waals surface area contributed by atoms with Gasteiger partial charge in [-0.1, -0.05) is 12.1 Å². The van der Waals surface area contributed by atoms with Gasteiger partial charge in [0.05, 0.1) is 5.69 Å². The molecule has 3 rings (SSSR count). The van der Waals surface area contributed by atoms with Crippen LogP contribution < -0.4 is 15.8 Å². The van der Waals surface area contributed by atoms with Gasteiger partial charge in [0.25, 0.3) is 5.91 Å². The summed E-state index contributed by atoms with van der Waals surface area (Å²) >= 11 is 0. The number of fused-ring (bicyclic) bond motifs is 2. The number of benzene rings is 1. The molecule has 2 heterocycles. The molecule has 0 saturated carbocycles. The lowest BCUT2D eigenvalue weighted by Gasteiger charge is -2.36. The number of carbonyl (C=O) groups is 1. The lowest BCUT2D eigenvalue weighted by molar-refractivity contribution is -0.274. The number of hydrogen-bond acceptors (Lipinski definition) is 5. The van der Waals surface area contributed by atoms with Gasteiger partial charge in [0.2, 0.25) is 0 Å². The van der Waals surface area contributed by atoms with Gasteiger partial charge < -0.3 is 20.7 Å². The van der Waals surface area contributed by atoms with Crippen molar-refractivity contribution in [3.05, 3.63) is 23.8 Å². The van der Waals surface area contributed by atoms with Crippen LogP contribution in [0.25, 0.3) is 0 Å². The molecule has 0 radical (unpaired) electrons. The van der Waals surface area contributed by atoms with E-state index in [0.29, 0.717) is 12.1 Å². The van der Waals surface area contributed by atoms with Crippen LogP contribution in [0.4, 0.5) is 18.9 Å². The van der Waals surface area contributed by atoms with Crippen LogP contribution in [-0.2, 0) is 4.79 Å². The minimum absolute atomic E-state index is 0.0487. The van der Waals surface area contributed by atoms with E-state index in [1.54, 1.807) is 0 Å². The second-order valence-corrected chi connectivity index (χ2v) is 6.83. The molecule has 9 heteroatoms. The molecule has 1 aromatic rings. The predicted octanol–water partition coefficient (Wildman–Crippen LogP) is 2.28. The molecular weight excluding hydrogens is 349 g/mol. The number of piperidine rings is 1. The average molecular weight is 370 g/mol. The molecule has 2 aliphatic heterocycles. The summed E-state index contributed by atoms with van der Waals surface area (Å²) in [7, 11) is 2.08. The molecule has 2 aliphatic rings. The van der Waals surface area contributed by atoms with Crippen LogP contribution in [0.15, 0.2) is 18.2 Å². The van der Waals surface area contributed by atoms with E-state index >= 15 is 0 Å². The number of rotatable bonds is 4. The van der Waals surface area contributed by atoms with Gasteiger partial charge in [-0.25, -0.2) is 0 Å². The molecule has 2 bridgehead atoms. The van der Waals surface area contributed by atoms with Crippen LogP contribution in [0.2, 0.25) is 0 Å². The number of anilines is 1. The zero-order valence-corrected chi connectivity index (χ0v) is 14.3. The van der Waals surface area contributed by atoms with E-state index in [9.17, 15) is 18.0 Å². The van der Waals surface area contributed by atoms with E-state index in [1.165, 1.54) is 12.1 Å². The number of hydrogen-bond donors (Lipinski definition) is 3. The first-order chi connectivity index (χ1) is 12.2. The van der Waals surface area contributed by atoms with Crippen molar-refractivity contribution < 1.29 is 22.7 Å². The molecule has 6 nitrogen and oxygen atoms in total. The van der Waals surface area contributed by atoms with Gasteiger partial charge in [0.15, 0.2) is 5.75 Å². The van der Waals surface area contributed by atoms with E-state index in [1.807, 2.05) is 0 Å². The average Bonchev–Trinajstić information content (AvgIpc) is 2.77. The Morgan fingerprint density at radius 3 is 2.50 bits per heavy atom. The van der Waals surface area contributed by atoms with Crippen LogP contribution >= 0.6 is 0 Å². The maximum absolute atomic E-state index is 12.4. The molecular formula is C17H21F3N4O2. The second kappa shape index (κ2) is 6.79. The summed E-state index contributed by atoms with van der Waals surface area (Å²) in [5.74, 6) is -1.26. The van der Waals surface area contributed by atoms with Crippen LogP contribution in [0, 0.1) is 5.41 Å². The van der Waals surface area contributed by atoms with Gasteiger partial charge in [0.1, 0.15) is 5.71 Å². The van der Waals surface area contributed by atoms with Crippen molar-refractivity contribution in [2.45, 2.75) is 50.2 Å². The third kappa shape index (κ3) is 3.77. The quantitative estimate of drug-likeness (QED) is 0.560. The Labute approximate surface area is 149 Å². The Bertz CT molecular complexity index is 708. The van der Waals surface area contributed by atoms with Gasteiger partial charge in [-0.2, -0.15) is 0 Å². The topological polar surface area (TPSA) is 91.4 Å². The van der Waals surface area contributed by atoms with Gasteiger partial charge in [-0.15, -0.1) is 13.2 Å². The fourth-order valence-corrected chi connectivity index (χ4v) is 3.88. The summed E-state index contributed by atoms with van der Waals surface area (Å²) in [4.78, 5) is 14.7. The Balaban J connectivity index is 1.69. The zero-order chi connectivity index (χ0) is 19.1. The molecule has 142 valence electrons. The summed E-state index contributed by atoms with van der Waals surface area (Å²) < 4.78 is 41.1. The third-order valence-corrected chi connectivity index (χ3v) is 5.22. The number of nitrogens with one attached hydrogen (secondary N) is 2. The Morgan fingerprint density at radius 1 is 1.31 bits per heavy atom. The summed E-state index contributed by atoms with van der Waals surface area (Å²) in [6.07, 6.45) is -1.11. The van der Waals surface area contributed by atoms with Crippen LogP contribution in [-0.4, -0.2) is 48.1 Å². The molecule has 26 heavy (non-hydrogen) atoms. The largest absolute Gasteiger partial charge is 0.573 e. The number of alkyl halides is 3. The fourth-order valence-electron chi connectivity index (χ4n) is 3.88.